The summed E-state index contributed by atoms with van der Waals surface area (Å²) in [6.45, 7) is 4.94. The van der Waals surface area contributed by atoms with Crippen LogP contribution in [0.1, 0.15) is 25.3 Å². The van der Waals surface area contributed by atoms with E-state index in [2.05, 4.69) is 24.0 Å². The van der Waals surface area contributed by atoms with E-state index in [0.717, 1.165) is 51.5 Å². The van der Waals surface area contributed by atoms with Crippen LogP contribution in [-0.2, 0) is 9.59 Å². The van der Waals surface area contributed by atoms with Crippen LogP contribution in [0.25, 0.3) is 16.8 Å². The maximum atomic E-state index is 13.3. The number of carbonyl (C=O) groups is 3. The number of ether oxygens (including phenoxy) is 1. The van der Waals surface area contributed by atoms with Crippen LogP contribution in [0, 0.1) is 0 Å². The van der Waals surface area contributed by atoms with Crippen molar-refractivity contribution >= 4 is 51.4 Å². The van der Waals surface area contributed by atoms with Crippen LogP contribution in [0.3, 0.4) is 0 Å². The fraction of sp³-hybridized carbons (Fsp3) is 0.300. The molecule has 2 saturated heterocycles. The minimum atomic E-state index is -0.441. The van der Waals surface area contributed by atoms with Crippen molar-refractivity contribution < 1.29 is 19.1 Å². The Hall–Kier alpha value is -3.78. The number of thioether (sulfide) groups is 1. The summed E-state index contributed by atoms with van der Waals surface area (Å²) in [6, 6.07) is 21.9. The van der Waals surface area contributed by atoms with E-state index in [4.69, 9.17) is 4.74 Å². The van der Waals surface area contributed by atoms with Crippen LogP contribution in [0.15, 0.2) is 71.6 Å². The first-order valence-corrected chi connectivity index (χ1v) is 13.8. The third-order valence-corrected chi connectivity index (χ3v) is 7.79. The Balaban J connectivity index is 1.30. The molecule has 5 rings (SSSR count). The van der Waals surface area contributed by atoms with E-state index in [1.165, 1.54) is 0 Å². The van der Waals surface area contributed by atoms with Gasteiger partial charge >= 0.3 is 0 Å². The first kappa shape index (κ1) is 25.9. The molecule has 0 spiro atoms. The topological polar surface area (TPSA) is 70.2 Å². The highest BCUT2D eigenvalue weighted by Gasteiger charge is 2.37. The standard InChI is InChI=1S/C30H31N3O4S/c1-2-3-19-37-26-14-13-22-9-7-8-12-24(22)25(26)20-27-29(35)33(30(36)38-27)21-28(34)32-17-15-31(16-18-32)23-10-5-4-6-11-23/h4-14,20H,2-3,15-19,21H2,1H3/b27-20-. The van der Waals surface area contributed by atoms with Crippen molar-refractivity contribution in [3.63, 3.8) is 0 Å². The summed E-state index contributed by atoms with van der Waals surface area (Å²) < 4.78 is 6.04. The van der Waals surface area contributed by atoms with Crippen LogP contribution in [0.5, 0.6) is 5.75 Å². The summed E-state index contributed by atoms with van der Waals surface area (Å²) >= 11 is 0.873. The van der Waals surface area contributed by atoms with E-state index in [1.807, 2.05) is 54.6 Å². The zero-order chi connectivity index (χ0) is 26.5. The third kappa shape index (κ3) is 5.55. The van der Waals surface area contributed by atoms with Crippen molar-refractivity contribution in [1.29, 1.82) is 0 Å². The molecule has 0 N–H and O–H groups in total. The number of amides is 3. The van der Waals surface area contributed by atoms with Gasteiger partial charge in [-0.3, -0.25) is 19.3 Å². The van der Waals surface area contributed by atoms with Gasteiger partial charge in [-0.25, -0.2) is 0 Å². The van der Waals surface area contributed by atoms with Gasteiger partial charge < -0.3 is 14.5 Å². The zero-order valence-electron chi connectivity index (χ0n) is 21.5. The second kappa shape index (κ2) is 11.7. The van der Waals surface area contributed by atoms with Gasteiger partial charge in [0, 0.05) is 37.4 Å². The van der Waals surface area contributed by atoms with Gasteiger partial charge in [-0.2, -0.15) is 0 Å². The van der Waals surface area contributed by atoms with Crippen LogP contribution < -0.4 is 9.64 Å². The van der Waals surface area contributed by atoms with E-state index < -0.39 is 11.1 Å². The van der Waals surface area contributed by atoms with Crippen LogP contribution in [0.4, 0.5) is 10.5 Å². The SMILES string of the molecule is CCCCOc1ccc2ccccc2c1/C=C1\SC(=O)N(CC(=O)N2CCN(c3ccccc3)CC2)C1=O. The van der Waals surface area contributed by atoms with Gasteiger partial charge in [0.05, 0.1) is 11.5 Å². The number of imide groups is 1. The lowest BCUT2D eigenvalue weighted by Gasteiger charge is -2.36. The van der Waals surface area contributed by atoms with Gasteiger partial charge in [-0.15, -0.1) is 0 Å². The highest BCUT2D eigenvalue weighted by atomic mass is 32.2. The van der Waals surface area contributed by atoms with E-state index in [9.17, 15) is 14.4 Å². The number of hydrogen-bond acceptors (Lipinski definition) is 6. The summed E-state index contributed by atoms with van der Waals surface area (Å²) in [6.07, 6.45) is 3.67. The summed E-state index contributed by atoms with van der Waals surface area (Å²) in [5.41, 5.74) is 1.90. The van der Waals surface area contributed by atoms with Gasteiger partial charge in [0.2, 0.25) is 5.91 Å². The summed E-state index contributed by atoms with van der Waals surface area (Å²) in [4.78, 5) is 44.5. The molecule has 2 fully saturated rings. The lowest BCUT2D eigenvalue weighted by molar-refractivity contribution is -0.136. The summed E-state index contributed by atoms with van der Waals surface area (Å²) in [7, 11) is 0. The maximum absolute atomic E-state index is 13.3. The van der Waals surface area contributed by atoms with Crippen molar-refractivity contribution in [3.8, 4) is 5.75 Å². The second-order valence-electron chi connectivity index (χ2n) is 9.37. The maximum Gasteiger partial charge on any atom is 0.294 e. The fourth-order valence-electron chi connectivity index (χ4n) is 4.73. The first-order chi connectivity index (χ1) is 18.5. The number of para-hydroxylation sites is 1. The Labute approximate surface area is 227 Å². The Morgan fingerprint density at radius 1 is 0.947 bits per heavy atom. The predicted octanol–water partition coefficient (Wildman–Crippen LogP) is 5.40. The number of hydrogen-bond donors (Lipinski definition) is 0. The average Bonchev–Trinajstić information content (AvgIpc) is 3.22. The molecule has 2 aliphatic heterocycles. The number of nitrogens with zero attached hydrogens (tertiary/aromatic N) is 3. The molecule has 3 aromatic rings. The number of rotatable bonds is 8. The number of carbonyl (C=O) groups excluding carboxylic acids is 3. The van der Waals surface area contributed by atoms with E-state index >= 15 is 0 Å². The smallest absolute Gasteiger partial charge is 0.294 e. The molecule has 8 heteroatoms. The second-order valence-corrected chi connectivity index (χ2v) is 10.4. The van der Waals surface area contributed by atoms with E-state index in [1.54, 1.807) is 11.0 Å². The molecule has 0 saturated carbocycles. The molecule has 2 aliphatic rings. The molecule has 7 nitrogen and oxygen atoms in total. The monoisotopic (exact) mass is 529 g/mol. The molecule has 196 valence electrons. The van der Waals surface area contributed by atoms with Gasteiger partial charge in [0.15, 0.2) is 0 Å². The molecule has 0 bridgehead atoms. The molecule has 0 aliphatic carbocycles. The molecule has 3 amide bonds. The number of anilines is 1. The first-order valence-electron chi connectivity index (χ1n) is 13.0. The predicted molar refractivity (Wildman–Crippen MR) is 152 cm³/mol. The molecule has 0 atom stereocenters. The molecular weight excluding hydrogens is 498 g/mol. The molecule has 38 heavy (non-hydrogen) atoms. The Morgan fingerprint density at radius 3 is 2.45 bits per heavy atom. The van der Waals surface area contributed by atoms with E-state index in [-0.39, 0.29) is 12.5 Å². The van der Waals surface area contributed by atoms with Gasteiger partial charge in [-0.1, -0.05) is 61.9 Å². The molecular formula is C30H31N3O4S. The molecule has 0 aromatic heterocycles. The van der Waals surface area contributed by atoms with Crippen molar-refractivity contribution in [2.24, 2.45) is 0 Å². The van der Waals surface area contributed by atoms with Crippen LogP contribution in [0.2, 0.25) is 0 Å². The van der Waals surface area contributed by atoms with Crippen LogP contribution in [-0.4, -0.2) is 66.2 Å². The number of benzene rings is 3. The summed E-state index contributed by atoms with van der Waals surface area (Å²) in [5, 5.41) is 1.54. The number of unbranched alkanes of at least 4 members (excludes halogenated alkanes) is 1. The average molecular weight is 530 g/mol. The minimum Gasteiger partial charge on any atom is -0.493 e. The molecule has 2 heterocycles. The minimum absolute atomic E-state index is 0.213. The lowest BCUT2D eigenvalue weighted by Crippen LogP contribution is -2.51. The highest BCUT2D eigenvalue weighted by Crippen LogP contribution is 2.37. The Kier molecular flexibility index (Phi) is 7.98. The van der Waals surface area contributed by atoms with Crippen LogP contribution >= 0.6 is 11.8 Å². The quantitative estimate of drug-likeness (QED) is 0.287. The number of piperazine rings is 1. The lowest BCUT2D eigenvalue weighted by atomic mass is 10.0. The number of fused-ring (bicyclic) bond motifs is 1. The van der Waals surface area contributed by atoms with Gasteiger partial charge in [0.25, 0.3) is 11.1 Å². The molecule has 0 radical (unpaired) electrons. The zero-order valence-corrected chi connectivity index (χ0v) is 22.3. The largest absolute Gasteiger partial charge is 0.493 e. The molecule has 3 aromatic carbocycles. The third-order valence-electron chi connectivity index (χ3n) is 6.88. The van der Waals surface area contributed by atoms with Crippen molar-refractivity contribution in [2.45, 2.75) is 19.8 Å². The summed E-state index contributed by atoms with van der Waals surface area (Å²) in [5.74, 6) is 0.0232. The fourth-order valence-corrected chi connectivity index (χ4v) is 5.55. The van der Waals surface area contributed by atoms with Crippen molar-refractivity contribution in [1.82, 2.24) is 9.80 Å². The van der Waals surface area contributed by atoms with E-state index in [0.29, 0.717) is 43.4 Å². The molecule has 0 unspecified atom stereocenters. The Bertz CT molecular complexity index is 1370. The normalized spacial score (nSPS) is 17.1. The highest BCUT2D eigenvalue weighted by molar-refractivity contribution is 8.18. The Morgan fingerprint density at radius 2 is 1.68 bits per heavy atom. The van der Waals surface area contributed by atoms with Crippen molar-refractivity contribution in [2.75, 3.05) is 44.2 Å². The van der Waals surface area contributed by atoms with Crippen molar-refractivity contribution in [3.05, 3.63) is 77.2 Å². The van der Waals surface area contributed by atoms with Gasteiger partial charge in [-0.05, 0) is 53.2 Å². The van der Waals surface area contributed by atoms with Gasteiger partial charge in [0.1, 0.15) is 12.3 Å².